The van der Waals surface area contributed by atoms with Crippen LogP contribution in [0.2, 0.25) is 0 Å². The molecule has 14 heteroatoms. The van der Waals surface area contributed by atoms with Crippen molar-refractivity contribution in [1.29, 1.82) is 0 Å². The molecular weight excluding hydrogens is 1250 g/mol. The fourth-order valence-corrected chi connectivity index (χ4v) is 11.3. The predicted octanol–water partition coefficient (Wildman–Crippen LogP) is 22.7. The Balaban J connectivity index is 1.08. The van der Waals surface area contributed by atoms with E-state index in [-0.39, 0.29) is 48.7 Å². The van der Waals surface area contributed by atoms with Crippen LogP contribution in [0.25, 0.3) is 12.2 Å². The lowest BCUT2D eigenvalue weighted by molar-refractivity contribution is -0.148. The summed E-state index contributed by atoms with van der Waals surface area (Å²) in [6, 6.07) is 34.3. The molecule has 0 aliphatic rings. The van der Waals surface area contributed by atoms with E-state index in [1.165, 1.54) is 166 Å². The van der Waals surface area contributed by atoms with Crippen molar-refractivity contribution in [2.24, 2.45) is 9.98 Å². The Bertz CT molecular complexity index is 2930. The number of hydrogen-bond acceptors (Lipinski definition) is 14. The summed E-state index contributed by atoms with van der Waals surface area (Å²) in [4.78, 5) is 89.1. The Hall–Kier alpha value is -8.26. The molecule has 0 N–H and O–H groups in total. The first-order valence-electron chi connectivity index (χ1n) is 38.1. The summed E-state index contributed by atoms with van der Waals surface area (Å²) >= 11 is 0. The highest BCUT2D eigenvalue weighted by Crippen LogP contribution is 2.24. The highest BCUT2D eigenvalue weighted by Gasteiger charge is 2.24. The van der Waals surface area contributed by atoms with Crippen LogP contribution < -0.4 is 9.47 Å². The molecule has 5 rings (SSSR count). The third-order valence-corrected chi connectivity index (χ3v) is 17.5. The molecule has 0 amide bonds. The van der Waals surface area contributed by atoms with Crippen LogP contribution in [0.3, 0.4) is 0 Å². The Morgan fingerprint density at radius 2 is 0.490 bits per heavy atom. The molecule has 0 fully saturated rings. The van der Waals surface area contributed by atoms with Gasteiger partial charge in [0.1, 0.15) is 22.6 Å². The molecule has 0 bridgehead atoms. The lowest BCUT2D eigenvalue weighted by Gasteiger charge is -2.10. The topological polar surface area (TPSA) is 183 Å². The van der Waals surface area contributed by atoms with Crippen LogP contribution in [-0.4, -0.2) is 74.7 Å². The van der Waals surface area contributed by atoms with Crippen molar-refractivity contribution in [3.63, 3.8) is 0 Å². The standard InChI is InChI=1S/C86H116N2O12/c1-5-9-13-17-21-25-29-33-37-61-95-83(91)79(84(92)96-62-38-34-30-26-22-18-14-10-6-2)65-69-41-49-73(50-42-69)81(89)99-77-57-45-71(46-58-77)67-87-75-53-55-76(56-54-75)88-68-72-47-59-78(60-48-72)100-82(90)74-51-43-70(44-52-74)66-80(85(93)97-63-39-35-31-27-23-19-15-11-7-3)86(94)98-64-40-36-32-28-24-20-16-12-8-4/h41-60,65-68H,5-40,61-64H2,1-4H3. The fourth-order valence-electron chi connectivity index (χ4n) is 11.3. The zero-order valence-corrected chi connectivity index (χ0v) is 60.9. The molecule has 0 aromatic heterocycles. The lowest BCUT2D eigenvalue weighted by Crippen LogP contribution is -2.19. The van der Waals surface area contributed by atoms with Crippen LogP contribution in [0, 0.1) is 0 Å². The first-order chi connectivity index (χ1) is 49.0. The summed E-state index contributed by atoms with van der Waals surface area (Å²) in [7, 11) is 0. The fraction of sp³-hybridized carbons (Fsp3) is 0.512. The van der Waals surface area contributed by atoms with Crippen molar-refractivity contribution in [1.82, 2.24) is 0 Å². The van der Waals surface area contributed by atoms with E-state index < -0.39 is 35.8 Å². The first-order valence-corrected chi connectivity index (χ1v) is 38.1. The molecule has 0 aliphatic heterocycles. The second-order valence-corrected chi connectivity index (χ2v) is 26.2. The van der Waals surface area contributed by atoms with Gasteiger partial charge in [-0.15, -0.1) is 0 Å². The highest BCUT2D eigenvalue weighted by molar-refractivity contribution is 6.18. The average molecular weight is 1370 g/mol. The van der Waals surface area contributed by atoms with Crippen molar-refractivity contribution >= 4 is 71.8 Å². The van der Waals surface area contributed by atoms with Crippen LogP contribution in [0.15, 0.2) is 142 Å². The Kier molecular flexibility index (Phi) is 43.4. The van der Waals surface area contributed by atoms with Crippen molar-refractivity contribution in [2.75, 3.05) is 26.4 Å². The third kappa shape index (κ3) is 36.2. The van der Waals surface area contributed by atoms with Gasteiger partial charge in [0, 0.05) is 12.4 Å². The van der Waals surface area contributed by atoms with Crippen LogP contribution in [-0.2, 0) is 38.1 Å². The van der Waals surface area contributed by atoms with E-state index in [1.54, 1.807) is 109 Å². The molecular formula is C86H116N2O12. The maximum atomic E-state index is 13.4. The van der Waals surface area contributed by atoms with Gasteiger partial charge < -0.3 is 28.4 Å². The van der Waals surface area contributed by atoms with Gasteiger partial charge in [0.15, 0.2) is 0 Å². The molecule has 100 heavy (non-hydrogen) atoms. The second-order valence-electron chi connectivity index (χ2n) is 26.2. The summed E-state index contributed by atoms with van der Waals surface area (Å²) < 4.78 is 33.8. The van der Waals surface area contributed by atoms with Crippen LogP contribution in [0.5, 0.6) is 11.5 Å². The highest BCUT2D eigenvalue weighted by atomic mass is 16.6. The lowest BCUT2D eigenvalue weighted by atomic mass is 10.1. The summed E-state index contributed by atoms with van der Waals surface area (Å²) in [5.74, 6) is -3.32. The Morgan fingerprint density at radius 1 is 0.270 bits per heavy atom. The number of ether oxygens (including phenoxy) is 6. The van der Waals surface area contributed by atoms with E-state index in [0.29, 0.717) is 34.0 Å². The molecule has 14 nitrogen and oxygen atoms in total. The molecule has 0 atom stereocenters. The van der Waals surface area contributed by atoms with Crippen LogP contribution >= 0.6 is 0 Å². The molecule has 5 aromatic rings. The first kappa shape index (κ1) is 82.4. The summed E-state index contributed by atoms with van der Waals surface area (Å²) in [5, 5.41) is 0. The van der Waals surface area contributed by atoms with Crippen LogP contribution in [0.1, 0.15) is 302 Å². The van der Waals surface area contributed by atoms with Gasteiger partial charge in [0.2, 0.25) is 0 Å². The van der Waals surface area contributed by atoms with Gasteiger partial charge in [-0.3, -0.25) is 9.98 Å². The number of unbranched alkanes of at least 4 members (excludes halogenated alkanes) is 32. The number of esters is 6. The number of hydrogen-bond donors (Lipinski definition) is 0. The van der Waals surface area contributed by atoms with E-state index in [9.17, 15) is 28.8 Å². The van der Waals surface area contributed by atoms with Gasteiger partial charge in [-0.1, -0.05) is 257 Å². The Labute approximate surface area is 598 Å². The Morgan fingerprint density at radius 3 is 0.730 bits per heavy atom. The molecule has 0 saturated carbocycles. The zero-order chi connectivity index (χ0) is 71.3. The summed E-state index contributed by atoms with van der Waals surface area (Å²) in [6.45, 7) is 9.76. The molecule has 0 aliphatic carbocycles. The monoisotopic (exact) mass is 1370 g/mol. The average Bonchev–Trinajstić information content (AvgIpc) is 0.870. The smallest absolute Gasteiger partial charge is 0.345 e. The van der Waals surface area contributed by atoms with Gasteiger partial charge in [0.05, 0.1) is 48.9 Å². The van der Waals surface area contributed by atoms with E-state index in [2.05, 4.69) is 37.7 Å². The zero-order valence-electron chi connectivity index (χ0n) is 60.9. The number of nitrogens with zero attached hydrogens (tertiary/aromatic N) is 2. The van der Waals surface area contributed by atoms with E-state index >= 15 is 0 Å². The minimum Gasteiger partial charge on any atom is -0.462 e. The number of carbonyl (C=O) groups is 6. The summed E-state index contributed by atoms with van der Waals surface area (Å²) in [6.07, 6.45) is 47.1. The van der Waals surface area contributed by atoms with Gasteiger partial charge in [0.25, 0.3) is 0 Å². The van der Waals surface area contributed by atoms with Crippen molar-refractivity contribution in [2.45, 2.75) is 259 Å². The minimum absolute atomic E-state index is 0.179. The predicted molar refractivity (Wildman–Crippen MR) is 405 cm³/mol. The van der Waals surface area contributed by atoms with Crippen molar-refractivity contribution in [3.05, 3.63) is 166 Å². The number of aliphatic imine (C=N–C) groups is 2. The normalized spacial score (nSPS) is 11.2. The molecule has 0 heterocycles. The molecule has 0 unspecified atom stereocenters. The minimum atomic E-state index is -0.719. The molecule has 542 valence electrons. The maximum absolute atomic E-state index is 13.4. The van der Waals surface area contributed by atoms with Gasteiger partial charge in [-0.05, 0) is 157 Å². The maximum Gasteiger partial charge on any atom is 0.345 e. The van der Waals surface area contributed by atoms with E-state index in [4.69, 9.17) is 28.4 Å². The van der Waals surface area contributed by atoms with Gasteiger partial charge in [-0.25, -0.2) is 28.8 Å². The molecule has 0 saturated heterocycles. The van der Waals surface area contributed by atoms with Gasteiger partial charge >= 0.3 is 35.8 Å². The molecule has 0 spiro atoms. The molecule has 0 radical (unpaired) electrons. The van der Waals surface area contributed by atoms with Gasteiger partial charge in [-0.2, -0.15) is 0 Å². The number of carbonyl (C=O) groups excluding carboxylic acids is 6. The van der Waals surface area contributed by atoms with E-state index in [1.807, 2.05) is 24.3 Å². The van der Waals surface area contributed by atoms with Crippen molar-refractivity contribution < 1.29 is 57.2 Å². The molecule has 5 aromatic carbocycles. The number of rotatable bonds is 54. The second kappa shape index (κ2) is 52.7. The van der Waals surface area contributed by atoms with Crippen LogP contribution in [0.4, 0.5) is 11.4 Å². The summed E-state index contributed by atoms with van der Waals surface area (Å²) in [5.41, 5.74) is 4.28. The third-order valence-electron chi connectivity index (χ3n) is 17.5. The number of benzene rings is 5. The van der Waals surface area contributed by atoms with Crippen molar-refractivity contribution in [3.8, 4) is 11.5 Å². The quantitative estimate of drug-likeness (QED) is 0.00526. The largest absolute Gasteiger partial charge is 0.462 e. The SMILES string of the molecule is CCCCCCCCCCCOC(=O)C(=Cc1ccc(C(=O)Oc2ccc(C=Nc3ccc(N=Cc4ccc(OC(=O)c5ccc(C=C(C(=O)OCCCCCCCCCCC)C(=O)OCCCCCCCCCCC)cc5)cc4)cc3)cc2)cc1)C(=O)OCCCCCCCCCCC. The van der Waals surface area contributed by atoms with E-state index in [0.717, 1.165) is 88.2 Å².